The Bertz CT molecular complexity index is 1060. The molecular weight excluding hydrogens is 390 g/mol. The van der Waals surface area contributed by atoms with Gasteiger partial charge in [-0.05, 0) is 43.5 Å². The fourth-order valence-corrected chi connectivity index (χ4v) is 3.77. The van der Waals surface area contributed by atoms with E-state index in [1.54, 1.807) is 24.4 Å². The number of ether oxygens (including phenoxy) is 1. The summed E-state index contributed by atoms with van der Waals surface area (Å²) < 4.78 is 6.10. The van der Waals surface area contributed by atoms with Gasteiger partial charge in [-0.3, -0.25) is 9.78 Å². The molecule has 2 aromatic rings. The molecule has 0 atom stereocenters. The smallest absolute Gasteiger partial charge is 0.280 e. The van der Waals surface area contributed by atoms with Gasteiger partial charge in [-0.2, -0.15) is 4.99 Å². The Morgan fingerprint density at radius 3 is 2.84 bits per heavy atom. The summed E-state index contributed by atoms with van der Waals surface area (Å²) in [6, 6.07) is 11.4. The maximum absolute atomic E-state index is 13.1. The van der Waals surface area contributed by atoms with E-state index in [4.69, 9.17) is 4.74 Å². The Morgan fingerprint density at radius 2 is 2.03 bits per heavy atom. The van der Waals surface area contributed by atoms with Crippen molar-refractivity contribution in [2.24, 2.45) is 4.99 Å². The molecule has 7 nitrogen and oxygen atoms in total. The molecule has 2 bridgehead atoms. The number of hydrogen-bond acceptors (Lipinski definition) is 6. The van der Waals surface area contributed by atoms with Crippen molar-refractivity contribution in [2.75, 3.05) is 37.5 Å². The van der Waals surface area contributed by atoms with Crippen LogP contribution in [0.5, 0.6) is 0 Å². The van der Waals surface area contributed by atoms with E-state index in [-0.39, 0.29) is 5.91 Å². The van der Waals surface area contributed by atoms with Gasteiger partial charge in [0.25, 0.3) is 5.91 Å². The number of benzene rings is 1. The van der Waals surface area contributed by atoms with Gasteiger partial charge in [0, 0.05) is 32.4 Å². The average Bonchev–Trinajstić information content (AvgIpc) is 3.11. The molecule has 1 amide bonds. The van der Waals surface area contributed by atoms with Crippen molar-refractivity contribution in [2.45, 2.75) is 19.3 Å². The third-order valence-corrected chi connectivity index (χ3v) is 5.29. The number of guanidine groups is 1. The van der Waals surface area contributed by atoms with Crippen LogP contribution in [0.15, 0.2) is 66.1 Å². The van der Waals surface area contributed by atoms with Crippen LogP contribution in [0.25, 0.3) is 5.57 Å². The van der Waals surface area contributed by atoms with Crippen molar-refractivity contribution in [3.63, 3.8) is 0 Å². The Kier molecular flexibility index (Phi) is 6.02. The average molecular weight is 418 g/mol. The predicted molar refractivity (Wildman–Crippen MR) is 124 cm³/mol. The van der Waals surface area contributed by atoms with Crippen LogP contribution in [-0.2, 0) is 4.74 Å². The van der Waals surface area contributed by atoms with Crippen LogP contribution in [0.2, 0.25) is 0 Å². The molecule has 2 aliphatic rings. The number of amides is 1. The normalized spacial score (nSPS) is 20.8. The highest BCUT2D eigenvalue weighted by atomic mass is 16.5. The lowest BCUT2D eigenvalue weighted by molar-refractivity contribution is 0.100. The number of hydrogen-bond donors (Lipinski definition) is 1. The summed E-state index contributed by atoms with van der Waals surface area (Å²) in [6.07, 6.45) is 6.20. The van der Waals surface area contributed by atoms with Crippen molar-refractivity contribution in [3.8, 4) is 0 Å². The molecule has 0 radical (unpaired) electrons. The van der Waals surface area contributed by atoms with E-state index in [1.165, 1.54) is 0 Å². The number of aliphatic imine (C=N–C) groups is 1. The van der Waals surface area contributed by atoms with Crippen molar-refractivity contribution in [1.82, 2.24) is 9.88 Å². The first kappa shape index (κ1) is 20.7. The lowest BCUT2D eigenvalue weighted by Crippen LogP contribution is -2.32. The molecule has 0 unspecified atom stereocenters. The second-order valence-corrected chi connectivity index (χ2v) is 7.69. The molecule has 0 aliphatic carbocycles. The quantitative estimate of drug-likeness (QED) is 0.792. The second kappa shape index (κ2) is 9.04. The SMILES string of the molecule is C=C/C1=C(\N(C)C)OCCCCCN2/C(=N/C(=O)c3ccnc1c3)Nc1ccccc12. The van der Waals surface area contributed by atoms with Crippen molar-refractivity contribution in [1.29, 1.82) is 0 Å². The van der Waals surface area contributed by atoms with E-state index >= 15 is 0 Å². The number of rotatable bonds is 2. The topological polar surface area (TPSA) is 70.1 Å². The van der Waals surface area contributed by atoms with E-state index in [0.717, 1.165) is 42.8 Å². The van der Waals surface area contributed by atoms with E-state index in [9.17, 15) is 4.79 Å². The van der Waals surface area contributed by atoms with Gasteiger partial charge in [0.1, 0.15) is 0 Å². The molecule has 3 heterocycles. The molecule has 2 aliphatic heterocycles. The van der Waals surface area contributed by atoms with E-state index in [0.29, 0.717) is 29.7 Å². The Hall–Kier alpha value is -3.61. The number of nitrogens with one attached hydrogen (secondary N) is 1. The lowest BCUT2D eigenvalue weighted by atomic mass is 10.1. The first-order valence-electron chi connectivity index (χ1n) is 10.5. The molecule has 4 rings (SSSR count). The third-order valence-electron chi connectivity index (χ3n) is 5.29. The summed E-state index contributed by atoms with van der Waals surface area (Å²) in [4.78, 5) is 25.9. The number of allylic oxidation sites excluding steroid dienone is 2. The van der Waals surface area contributed by atoms with Crippen LogP contribution < -0.4 is 10.2 Å². The third kappa shape index (κ3) is 4.30. The zero-order valence-corrected chi connectivity index (χ0v) is 18.0. The number of anilines is 2. The molecule has 7 heteroatoms. The van der Waals surface area contributed by atoms with Crippen molar-refractivity contribution < 1.29 is 9.53 Å². The number of pyridine rings is 1. The number of para-hydroxylation sites is 2. The van der Waals surface area contributed by atoms with Gasteiger partial charge in [-0.1, -0.05) is 24.8 Å². The summed E-state index contributed by atoms with van der Waals surface area (Å²) in [5.74, 6) is 0.920. The maximum atomic E-state index is 13.1. The predicted octanol–water partition coefficient (Wildman–Crippen LogP) is 4.13. The van der Waals surface area contributed by atoms with Gasteiger partial charge in [0.2, 0.25) is 5.96 Å². The first-order chi connectivity index (χ1) is 15.1. The maximum Gasteiger partial charge on any atom is 0.280 e. The first-order valence-corrected chi connectivity index (χ1v) is 10.5. The number of aromatic nitrogens is 1. The molecule has 0 spiro atoms. The van der Waals surface area contributed by atoms with E-state index in [2.05, 4.69) is 26.8 Å². The van der Waals surface area contributed by atoms with Gasteiger partial charge in [-0.25, -0.2) is 0 Å². The molecule has 0 saturated carbocycles. The van der Waals surface area contributed by atoms with Crippen LogP contribution in [-0.4, -0.2) is 49.0 Å². The molecule has 1 N–H and O–H groups in total. The van der Waals surface area contributed by atoms with Crippen LogP contribution in [0.3, 0.4) is 0 Å². The summed E-state index contributed by atoms with van der Waals surface area (Å²) >= 11 is 0. The monoisotopic (exact) mass is 417 g/mol. The van der Waals surface area contributed by atoms with Crippen molar-refractivity contribution in [3.05, 3.63) is 72.4 Å². The van der Waals surface area contributed by atoms with Gasteiger partial charge in [-0.15, -0.1) is 0 Å². The van der Waals surface area contributed by atoms with Crippen LogP contribution in [0.1, 0.15) is 35.3 Å². The van der Waals surface area contributed by atoms with Gasteiger partial charge in [0.05, 0.1) is 29.2 Å². The fourth-order valence-electron chi connectivity index (χ4n) is 3.77. The number of carbonyl (C=O) groups excluding carboxylic acids is 1. The minimum absolute atomic E-state index is 0.324. The minimum Gasteiger partial charge on any atom is -0.479 e. The Labute approximate surface area is 182 Å². The van der Waals surface area contributed by atoms with Crippen LogP contribution in [0.4, 0.5) is 11.4 Å². The zero-order chi connectivity index (χ0) is 21.8. The van der Waals surface area contributed by atoms with Crippen LogP contribution in [0, 0.1) is 0 Å². The van der Waals surface area contributed by atoms with Gasteiger partial charge < -0.3 is 19.9 Å². The minimum atomic E-state index is -0.324. The number of fused-ring (bicyclic) bond motifs is 5. The molecule has 31 heavy (non-hydrogen) atoms. The van der Waals surface area contributed by atoms with Gasteiger partial charge >= 0.3 is 0 Å². The Morgan fingerprint density at radius 1 is 1.19 bits per heavy atom. The second-order valence-electron chi connectivity index (χ2n) is 7.69. The molecule has 1 aromatic heterocycles. The summed E-state index contributed by atoms with van der Waals surface area (Å²) in [6.45, 7) is 5.31. The zero-order valence-electron chi connectivity index (χ0n) is 18.0. The van der Waals surface area contributed by atoms with E-state index < -0.39 is 0 Å². The van der Waals surface area contributed by atoms with Crippen LogP contribution >= 0.6 is 0 Å². The highest BCUT2D eigenvalue weighted by Crippen LogP contribution is 2.32. The molecule has 0 saturated heterocycles. The summed E-state index contributed by atoms with van der Waals surface area (Å²) in [7, 11) is 3.84. The number of carbonyl (C=O) groups is 1. The Balaban J connectivity index is 1.76. The van der Waals surface area contributed by atoms with Crippen molar-refractivity contribution >= 4 is 28.8 Å². The highest BCUT2D eigenvalue weighted by molar-refractivity contribution is 6.19. The summed E-state index contributed by atoms with van der Waals surface area (Å²) in [5.41, 5.74) is 3.83. The standard InChI is InChI=1S/C24H27N5O2/c1-4-18-20-16-17(12-13-25-20)22(30)27-24-26-19-10-6-7-11-21(19)29(24)14-8-5-9-15-31-23(18)28(2)3/h4,6-7,10-13,16H,1,5,8-9,14-15H2,2-3H3,(H,26,27,30)/b23-18-. The number of nitrogens with zero attached hydrogens (tertiary/aromatic N) is 4. The highest BCUT2D eigenvalue weighted by Gasteiger charge is 2.26. The molecule has 1 aromatic carbocycles. The molecule has 0 fully saturated rings. The fraction of sp³-hybridized carbons (Fsp3) is 0.292. The molecular formula is C24H27N5O2. The van der Waals surface area contributed by atoms with Gasteiger partial charge in [0.15, 0.2) is 5.88 Å². The summed E-state index contributed by atoms with van der Waals surface area (Å²) in [5, 5.41) is 3.29. The lowest BCUT2D eigenvalue weighted by Gasteiger charge is -2.21. The van der Waals surface area contributed by atoms with E-state index in [1.807, 2.05) is 43.3 Å². The largest absolute Gasteiger partial charge is 0.479 e. The molecule has 160 valence electrons.